The molecule has 5 aromatic rings. The van der Waals surface area contributed by atoms with Gasteiger partial charge in [-0.25, -0.2) is 0 Å². The van der Waals surface area contributed by atoms with Crippen LogP contribution in [0, 0.1) is 0 Å². The fourth-order valence-corrected chi connectivity index (χ4v) is 9.98. The van der Waals surface area contributed by atoms with Gasteiger partial charge in [0, 0.05) is 17.1 Å². The van der Waals surface area contributed by atoms with Gasteiger partial charge in [-0.05, 0) is 129 Å². The number of nitrogens with two attached hydrogens (primary N) is 1. The predicted octanol–water partition coefficient (Wildman–Crippen LogP) is 12.0. The maximum Gasteiger partial charge on any atom is 0.0717 e. The van der Waals surface area contributed by atoms with Crippen LogP contribution < -0.4 is 10.6 Å². The van der Waals surface area contributed by atoms with Crippen molar-refractivity contribution in [1.82, 2.24) is 0 Å². The van der Waals surface area contributed by atoms with Gasteiger partial charge in [0.2, 0.25) is 0 Å². The van der Waals surface area contributed by atoms with Crippen molar-refractivity contribution < 1.29 is 0 Å². The van der Waals surface area contributed by atoms with Crippen molar-refractivity contribution in [2.75, 3.05) is 4.90 Å². The van der Waals surface area contributed by atoms with Gasteiger partial charge in [-0.3, -0.25) is 0 Å². The second-order valence-corrected chi connectivity index (χ2v) is 14.1. The van der Waals surface area contributed by atoms with Crippen LogP contribution in [0.2, 0.25) is 0 Å². The van der Waals surface area contributed by atoms with Crippen molar-refractivity contribution in [3.8, 4) is 22.3 Å². The van der Waals surface area contributed by atoms with Gasteiger partial charge in [-0.2, -0.15) is 0 Å². The average molecular weight is 683 g/mol. The van der Waals surface area contributed by atoms with E-state index in [-0.39, 0.29) is 0 Å². The Hall–Kier alpha value is -6.38. The molecule has 2 heteroatoms. The molecule has 0 bridgehead atoms. The van der Waals surface area contributed by atoms with E-state index in [1.165, 1.54) is 66.8 Å². The number of fused-ring (bicyclic) bond motifs is 16. The van der Waals surface area contributed by atoms with Gasteiger partial charge < -0.3 is 10.6 Å². The summed E-state index contributed by atoms with van der Waals surface area (Å²) in [6, 6.07) is 43.5. The Morgan fingerprint density at radius 3 is 1.43 bits per heavy atom. The number of rotatable bonds is 7. The molecule has 53 heavy (non-hydrogen) atoms. The zero-order valence-corrected chi connectivity index (χ0v) is 30.1. The van der Waals surface area contributed by atoms with Gasteiger partial charge >= 0.3 is 0 Å². The molecule has 0 unspecified atom stereocenters. The van der Waals surface area contributed by atoms with Crippen molar-refractivity contribution in [2.24, 2.45) is 5.73 Å². The van der Waals surface area contributed by atoms with Gasteiger partial charge in [0.1, 0.15) is 0 Å². The molecule has 2 N–H and O–H groups in total. The van der Waals surface area contributed by atoms with Crippen LogP contribution >= 0.6 is 0 Å². The van der Waals surface area contributed by atoms with E-state index in [1.54, 1.807) is 6.20 Å². The topological polar surface area (TPSA) is 29.3 Å². The molecule has 256 valence electrons. The van der Waals surface area contributed by atoms with Gasteiger partial charge in [0.25, 0.3) is 0 Å². The lowest BCUT2D eigenvalue weighted by molar-refractivity contribution is 0.604. The summed E-state index contributed by atoms with van der Waals surface area (Å²) in [5.41, 5.74) is 24.0. The molecule has 2 spiro atoms. The van der Waals surface area contributed by atoms with Gasteiger partial charge in [-0.15, -0.1) is 0 Å². The Kier molecular flexibility index (Phi) is 7.78. The van der Waals surface area contributed by atoms with E-state index in [0.29, 0.717) is 0 Å². The van der Waals surface area contributed by atoms with E-state index < -0.39 is 10.8 Å². The third-order valence-electron chi connectivity index (χ3n) is 11.6. The standard InChI is InChI=1S/C51H42N2/c1-4-17-35(18-5-2)53(36(19-6-3)32-33-52)37-30-31-48-49(34-37)51(44-26-13-9-22-40(44)41-23-10-14-27-45(41)51)47-29-16-15-28-46(47)50(48)42-24-11-7-20-38(42)39-21-8-12-25-43(39)50/h4-14,17-34H,1,3,15-16,52H2,2H3/b18-5-,33-32-,35-17+,36-19+. The first-order chi connectivity index (χ1) is 26.2. The van der Waals surface area contributed by atoms with Crippen molar-refractivity contribution in [1.29, 1.82) is 0 Å². The zero-order valence-electron chi connectivity index (χ0n) is 30.1. The Balaban J connectivity index is 1.48. The number of allylic oxidation sites excluding steroid dienone is 11. The Morgan fingerprint density at radius 1 is 0.566 bits per heavy atom. The fourth-order valence-electron chi connectivity index (χ4n) is 9.98. The first-order valence-corrected chi connectivity index (χ1v) is 18.6. The Bertz CT molecular complexity index is 2400. The summed E-state index contributed by atoms with van der Waals surface area (Å²) in [6.07, 6.45) is 22.6. The minimum Gasteiger partial charge on any atom is -0.405 e. The second kappa shape index (κ2) is 12.7. The van der Waals surface area contributed by atoms with Crippen LogP contribution in [0.1, 0.15) is 53.1 Å². The minimum atomic E-state index is -0.539. The summed E-state index contributed by atoms with van der Waals surface area (Å²) in [5, 5.41) is 0. The summed E-state index contributed by atoms with van der Waals surface area (Å²) in [6.45, 7) is 10.2. The molecule has 0 amide bonds. The molecule has 0 aromatic heterocycles. The smallest absolute Gasteiger partial charge is 0.0717 e. The maximum absolute atomic E-state index is 6.12. The Morgan fingerprint density at radius 2 is 1.00 bits per heavy atom. The summed E-state index contributed by atoms with van der Waals surface area (Å²) in [4.78, 5) is 2.26. The summed E-state index contributed by atoms with van der Waals surface area (Å²) < 4.78 is 0. The molecular weight excluding hydrogens is 641 g/mol. The molecule has 0 radical (unpaired) electrons. The van der Waals surface area contributed by atoms with E-state index in [0.717, 1.165) is 29.9 Å². The van der Waals surface area contributed by atoms with Crippen LogP contribution in [0.25, 0.3) is 22.3 Å². The van der Waals surface area contributed by atoms with Crippen LogP contribution in [0.15, 0.2) is 212 Å². The van der Waals surface area contributed by atoms with E-state index in [1.807, 2.05) is 37.3 Å². The molecule has 0 heterocycles. The van der Waals surface area contributed by atoms with Gasteiger partial charge in [0.15, 0.2) is 0 Å². The minimum absolute atomic E-state index is 0.490. The summed E-state index contributed by atoms with van der Waals surface area (Å²) in [7, 11) is 0. The molecule has 0 saturated carbocycles. The van der Waals surface area contributed by atoms with E-state index in [9.17, 15) is 0 Å². The highest BCUT2D eigenvalue weighted by Gasteiger charge is 2.61. The number of benzene rings is 5. The van der Waals surface area contributed by atoms with E-state index in [4.69, 9.17) is 5.73 Å². The van der Waals surface area contributed by atoms with Crippen LogP contribution in [0.4, 0.5) is 5.69 Å². The van der Waals surface area contributed by atoms with Crippen LogP contribution in [-0.2, 0) is 10.8 Å². The first kappa shape index (κ1) is 32.5. The monoisotopic (exact) mass is 682 g/mol. The first-order valence-electron chi connectivity index (χ1n) is 18.6. The van der Waals surface area contributed by atoms with Crippen LogP contribution in [0.5, 0.6) is 0 Å². The normalized spacial score (nSPS) is 17.1. The van der Waals surface area contributed by atoms with Crippen molar-refractivity contribution in [2.45, 2.75) is 30.6 Å². The largest absolute Gasteiger partial charge is 0.405 e. The number of anilines is 1. The second-order valence-electron chi connectivity index (χ2n) is 14.1. The lowest BCUT2D eigenvalue weighted by Gasteiger charge is -2.52. The van der Waals surface area contributed by atoms with Crippen molar-refractivity contribution in [3.63, 3.8) is 0 Å². The third-order valence-corrected chi connectivity index (χ3v) is 11.6. The van der Waals surface area contributed by atoms with Crippen LogP contribution in [0.3, 0.4) is 0 Å². The molecule has 0 saturated heterocycles. The lowest BCUT2D eigenvalue weighted by Crippen LogP contribution is -2.46. The molecular formula is C51H42N2. The molecule has 9 rings (SSSR count). The number of hydrogen-bond donors (Lipinski definition) is 1. The lowest BCUT2D eigenvalue weighted by atomic mass is 9.49. The summed E-state index contributed by atoms with van der Waals surface area (Å²) >= 11 is 0. The predicted molar refractivity (Wildman–Crippen MR) is 223 cm³/mol. The quantitative estimate of drug-likeness (QED) is 0.173. The van der Waals surface area contributed by atoms with Gasteiger partial charge in [-0.1, -0.05) is 147 Å². The molecule has 4 aliphatic rings. The SMILES string of the molecule is C=C/C=C(\C=C/C)N(C(/C=C\N)=C/C=C)c1ccc2c(c1)C1(C3=CCCC=C3C23c2ccccc2-c2ccccc23)c2ccccc2-c2ccccc21. The highest BCUT2D eigenvalue weighted by Crippen LogP contribution is 2.70. The molecule has 0 aliphatic heterocycles. The third kappa shape index (κ3) is 4.33. The zero-order chi connectivity index (χ0) is 36.2. The number of hydrogen-bond acceptors (Lipinski definition) is 2. The summed E-state index contributed by atoms with van der Waals surface area (Å²) in [5.74, 6) is 0. The van der Waals surface area contributed by atoms with Gasteiger partial charge in [0.05, 0.1) is 10.8 Å². The molecule has 2 nitrogen and oxygen atoms in total. The van der Waals surface area contributed by atoms with Crippen molar-refractivity contribution in [3.05, 3.63) is 245 Å². The average Bonchev–Trinajstić information content (AvgIpc) is 3.66. The maximum atomic E-state index is 6.12. The molecule has 5 aromatic carbocycles. The molecule has 0 fully saturated rings. The molecule has 4 aliphatic carbocycles. The van der Waals surface area contributed by atoms with Crippen molar-refractivity contribution >= 4 is 5.69 Å². The fraction of sp³-hybridized carbons (Fsp3) is 0.0980. The van der Waals surface area contributed by atoms with E-state index >= 15 is 0 Å². The highest BCUT2D eigenvalue weighted by atomic mass is 15.2. The van der Waals surface area contributed by atoms with E-state index in [2.05, 4.69) is 158 Å². The number of nitrogens with zero attached hydrogens (tertiary/aromatic N) is 1. The van der Waals surface area contributed by atoms with Crippen LogP contribution in [-0.4, -0.2) is 0 Å². The Labute approximate surface area is 313 Å². The molecule has 0 atom stereocenters. The highest BCUT2D eigenvalue weighted by molar-refractivity contribution is 5.95.